The number of ether oxygens (including phenoxy) is 1. The Kier molecular flexibility index (Phi) is 5.32. The highest BCUT2D eigenvalue weighted by Gasteiger charge is 2.27. The van der Waals surface area contributed by atoms with Gasteiger partial charge in [0.1, 0.15) is 10.8 Å². The van der Waals surface area contributed by atoms with Crippen molar-refractivity contribution in [1.82, 2.24) is 0 Å². The molecule has 1 aliphatic carbocycles. The number of nitrogens with two attached hydrogens (primary N) is 1. The Morgan fingerprint density at radius 3 is 2.85 bits per heavy atom. The molecule has 1 heterocycles. The first-order valence-corrected chi connectivity index (χ1v) is 9.61. The number of nitrogens with one attached hydrogen (secondary N) is 1. The molecule has 0 saturated heterocycles. The zero-order valence-electron chi connectivity index (χ0n) is 15.3. The molecule has 2 aromatic rings. The Morgan fingerprint density at radius 2 is 2.12 bits per heavy atom. The fourth-order valence-corrected chi connectivity index (χ4v) is 4.72. The lowest BCUT2D eigenvalue weighted by Crippen LogP contribution is -2.23. The zero-order valence-corrected chi connectivity index (χ0v) is 16.2. The first-order valence-electron chi connectivity index (χ1n) is 8.80. The molecule has 0 radical (unpaired) electrons. The summed E-state index contributed by atoms with van der Waals surface area (Å²) in [5.41, 5.74) is 9.18. The maximum Gasteiger partial charge on any atom is 0.262 e. The number of aryl methyl sites for hydroxylation is 1. The number of fused-ring (bicyclic) bond motifs is 1. The molecule has 3 rings (SSSR count). The van der Waals surface area contributed by atoms with Gasteiger partial charge in [0, 0.05) is 4.88 Å². The third kappa shape index (κ3) is 3.75. The van der Waals surface area contributed by atoms with Gasteiger partial charge >= 0.3 is 0 Å². The maximum atomic E-state index is 12.4. The molecular formula is C20H24N2O3S. The van der Waals surface area contributed by atoms with Crippen LogP contribution >= 0.6 is 11.3 Å². The number of anilines is 1. The van der Waals surface area contributed by atoms with E-state index in [1.807, 2.05) is 32.0 Å². The van der Waals surface area contributed by atoms with Crippen LogP contribution in [0.15, 0.2) is 18.2 Å². The third-order valence-electron chi connectivity index (χ3n) is 4.92. The number of hydrogen-bond acceptors (Lipinski definition) is 4. The lowest BCUT2D eigenvalue weighted by Gasteiger charge is -2.18. The van der Waals surface area contributed by atoms with Crippen molar-refractivity contribution in [1.29, 1.82) is 0 Å². The summed E-state index contributed by atoms with van der Waals surface area (Å²) in [6.07, 6.45) is 2.79. The highest BCUT2D eigenvalue weighted by molar-refractivity contribution is 7.17. The summed E-state index contributed by atoms with van der Waals surface area (Å²) < 4.78 is 5.65. The van der Waals surface area contributed by atoms with E-state index in [1.54, 1.807) is 0 Å². The van der Waals surface area contributed by atoms with E-state index >= 15 is 0 Å². The van der Waals surface area contributed by atoms with Crippen molar-refractivity contribution < 1.29 is 14.3 Å². The Labute approximate surface area is 157 Å². The average molecular weight is 372 g/mol. The van der Waals surface area contributed by atoms with Crippen LogP contribution in [0.5, 0.6) is 5.75 Å². The summed E-state index contributed by atoms with van der Waals surface area (Å²) in [4.78, 5) is 25.4. The van der Waals surface area contributed by atoms with Crippen molar-refractivity contribution in [3.63, 3.8) is 0 Å². The summed E-state index contributed by atoms with van der Waals surface area (Å²) in [7, 11) is 0. The van der Waals surface area contributed by atoms with Crippen LogP contribution < -0.4 is 15.8 Å². The number of primary amides is 1. The van der Waals surface area contributed by atoms with Gasteiger partial charge in [-0.25, -0.2) is 0 Å². The molecule has 0 unspecified atom stereocenters. The summed E-state index contributed by atoms with van der Waals surface area (Å²) in [5.74, 6) is 0.496. The summed E-state index contributed by atoms with van der Waals surface area (Å²) in [5, 5.41) is 3.37. The molecule has 1 aromatic carbocycles. The average Bonchev–Trinajstić information content (AvgIpc) is 2.93. The predicted molar refractivity (Wildman–Crippen MR) is 104 cm³/mol. The predicted octanol–water partition coefficient (Wildman–Crippen LogP) is 3.61. The van der Waals surface area contributed by atoms with Crippen molar-refractivity contribution in [2.75, 3.05) is 11.9 Å². The van der Waals surface area contributed by atoms with E-state index in [-0.39, 0.29) is 12.5 Å². The van der Waals surface area contributed by atoms with Gasteiger partial charge in [-0.1, -0.05) is 19.1 Å². The van der Waals surface area contributed by atoms with Gasteiger partial charge in [-0.05, 0) is 61.8 Å². The molecule has 0 fully saturated rings. The second-order valence-electron chi connectivity index (χ2n) is 6.96. The van der Waals surface area contributed by atoms with Crippen molar-refractivity contribution >= 4 is 28.2 Å². The van der Waals surface area contributed by atoms with E-state index in [0.29, 0.717) is 22.2 Å². The van der Waals surface area contributed by atoms with E-state index in [0.717, 1.165) is 40.8 Å². The minimum absolute atomic E-state index is 0.110. The number of carbonyl (C=O) groups is 2. The van der Waals surface area contributed by atoms with Gasteiger partial charge in [0.2, 0.25) is 0 Å². The number of rotatable bonds is 5. The molecule has 1 aliphatic rings. The molecule has 26 heavy (non-hydrogen) atoms. The van der Waals surface area contributed by atoms with Crippen LogP contribution in [0.1, 0.15) is 45.3 Å². The Morgan fingerprint density at radius 1 is 1.35 bits per heavy atom. The molecule has 138 valence electrons. The van der Waals surface area contributed by atoms with Gasteiger partial charge in [-0.3, -0.25) is 9.59 Å². The van der Waals surface area contributed by atoms with Crippen molar-refractivity contribution in [2.45, 2.75) is 40.0 Å². The lowest BCUT2D eigenvalue weighted by atomic mass is 9.88. The fourth-order valence-electron chi connectivity index (χ4n) is 3.29. The van der Waals surface area contributed by atoms with Crippen molar-refractivity contribution in [3.05, 3.63) is 45.3 Å². The molecule has 3 N–H and O–H groups in total. The highest BCUT2D eigenvalue weighted by Crippen LogP contribution is 2.39. The fraction of sp³-hybridized carbons (Fsp3) is 0.400. The first kappa shape index (κ1) is 18.5. The maximum absolute atomic E-state index is 12.4. The topological polar surface area (TPSA) is 81.4 Å². The lowest BCUT2D eigenvalue weighted by molar-refractivity contribution is -0.118. The van der Waals surface area contributed by atoms with Gasteiger partial charge in [0.25, 0.3) is 11.8 Å². The zero-order chi connectivity index (χ0) is 18.8. The molecule has 6 heteroatoms. The van der Waals surface area contributed by atoms with E-state index in [2.05, 4.69) is 12.2 Å². The largest absolute Gasteiger partial charge is 0.483 e. The third-order valence-corrected chi connectivity index (χ3v) is 6.09. The van der Waals surface area contributed by atoms with E-state index in [1.165, 1.54) is 11.3 Å². The molecule has 1 aromatic heterocycles. The summed E-state index contributed by atoms with van der Waals surface area (Å²) in [6.45, 7) is 6.05. The number of amides is 2. The Bertz CT molecular complexity index is 857. The van der Waals surface area contributed by atoms with Gasteiger partial charge in [-0.2, -0.15) is 0 Å². The van der Waals surface area contributed by atoms with Crippen LogP contribution in [-0.2, 0) is 17.6 Å². The van der Waals surface area contributed by atoms with Gasteiger partial charge in [0.05, 0.1) is 5.56 Å². The number of thiophene rings is 1. The van der Waals surface area contributed by atoms with Crippen LogP contribution in [0.3, 0.4) is 0 Å². The van der Waals surface area contributed by atoms with E-state index in [9.17, 15) is 9.59 Å². The second kappa shape index (κ2) is 7.50. The Balaban J connectivity index is 1.73. The molecule has 0 spiro atoms. The minimum atomic E-state index is -0.484. The SMILES string of the molecule is Cc1cccc(OCC(=O)Nc2sc3c(c2C(N)=O)CC[C@H](C)C3)c1C. The normalized spacial score (nSPS) is 16.0. The van der Waals surface area contributed by atoms with Crippen molar-refractivity contribution in [2.24, 2.45) is 11.7 Å². The highest BCUT2D eigenvalue weighted by atomic mass is 32.1. The van der Waals surface area contributed by atoms with E-state index in [4.69, 9.17) is 10.5 Å². The number of carbonyl (C=O) groups excluding carboxylic acids is 2. The smallest absolute Gasteiger partial charge is 0.262 e. The first-order chi connectivity index (χ1) is 12.4. The molecule has 5 nitrogen and oxygen atoms in total. The molecule has 1 atom stereocenters. The summed E-state index contributed by atoms with van der Waals surface area (Å²) >= 11 is 1.46. The van der Waals surface area contributed by atoms with Crippen LogP contribution in [0.25, 0.3) is 0 Å². The van der Waals surface area contributed by atoms with Crippen molar-refractivity contribution in [3.8, 4) is 5.75 Å². The van der Waals surface area contributed by atoms with Crippen LogP contribution in [0.4, 0.5) is 5.00 Å². The van der Waals surface area contributed by atoms with E-state index < -0.39 is 5.91 Å². The summed E-state index contributed by atoms with van der Waals surface area (Å²) in [6, 6.07) is 5.74. The molecule has 0 aliphatic heterocycles. The van der Waals surface area contributed by atoms with Gasteiger partial charge in [0.15, 0.2) is 6.61 Å². The molecule has 2 amide bonds. The van der Waals surface area contributed by atoms with Crippen LogP contribution in [-0.4, -0.2) is 18.4 Å². The second-order valence-corrected chi connectivity index (χ2v) is 8.06. The molecular weight excluding hydrogens is 348 g/mol. The standard InChI is InChI=1S/C20H24N2O3S/c1-11-7-8-14-16(9-11)26-20(18(14)19(21)24)22-17(23)10-25-15-6-4-5-12(2)13(15)3/h4-6,11H,7-10H2,1-3H3,(H2,21,24)(H,22,23)/t11-/m0/s1. The van der Waals surface area contributed by atoms with Gasteiger partial charge < -0.3 is 15.8 Å². The molecule has 0 saturated carbocycles. The Hall–Kier alpha value is -2.34. The molecule has 0 bridgehead atoms. The van der Waals surface area contributed by atoms with Gasteiger partial charge in [-0.15, -0.1) is 11.3 Å². The van der Waals surface area contributed by atoms with Crippen LogP contribution in [0.2, 0.25) is 0 Å². The van der Waals surface area contributed by atoms with Crippen LogP contribution in [0, 0.1) is 19.8 Å². The quantitative estimate of drug-likeness (QED) is 0.841. The number of hydrogen-bond donors (Lipinski definition) is 2. The monoisotopic (exact) mass is 372 g/mol. The minimum Gasteiger partial charge on any atom is -0.483 e. The number of benzene rings is 1.